The average molecular weight is 405 g/mol. The van der Waals surface area contributed by atoms with Crippen molar-refractivity contribution in [1.29, 1.82) is 0 Å². The summed E-state index contributed by atoms with van der Waals surface area (Å²) < 4.78 is 0. The molecule has 1 saturated heterocycles. The van der Waals surface area contributed by atoms with E-state index >= 15 is 0 Å². The maximum absolute atomic E-state index is 13.2. The van der Waals surface area contributed by atoms with Gasteiger partial charge in [-0.15, -0.1) is 11.3 Å². The number of para-hydroxylation sites is 1. The van der Waals surface area contributed by atoms with Gasteiger partial charge in [0.25, 0.3) is 5.91 Å². The van der Waals surface area contributed by atoms with Crippen LogP contribution in [-0.4, -0.2) is 37.0 Å². The molecule has 0 atom stereocenters. The lowest BCUT2D eigenvalue weighted by molar-refractivity contribution is 0.0751. The molecule has 4 heteroatoms. The van der Waals surface area contributed by atoms with Crippen molar-refractivity contribution in [3.63, 3.8) is 0 Å². The van der Waals surface area contributed by atoms with Crippen LogP contribution in [-0.2, 0) is 12.8 Å². The fraction of sp³-hybridized carbons (Fsp3) is 0.320. The normalized spacial score (nSPS) is 14.3. The van der Waals surface area contributed by atoms with Crippen LogP contribution in [0.25, 0.3) is 10.4 Å². The molecule has 1 aliphatic heterocycles. The van der Waals surface area contributed by atoms with E-state index in [-0.39, 0.29) is 5.91 Å². The monoisotopic (exact) mass is 404 g/mol. The second-order valence-corrected chi connectivity index (χ2v) is 8.50. The van der Waals surface area contributed by atoms with E-state index in [1.807, 2.05) is 11.0 Å². The maximum Gasteiger partial charge on any atom is 0.264 e. The van der Waals surface area contributed by atoms with E-state index in [1.54, 1.807) is 11.3 Å². The van der Waals surface area contributed by atoms with E-state index < -0.39 is 0 Å². The highest BCUT2D eigenvalue weighted by atomic mass is 32.1. The number of hydrogen-bond donors (Lipinski definition) is 0. The summed E-state index contributed by atoms with van der Waals surface area (Å²) in [6, 6.07) is 21.2. The lowest BCUT2D eigenvalue weighted by atomic mass is 10.0. The standard InChI is InChI=1S/C25H28N2OS/c1-3-19-10-8-9-13-22(19)24-20(4-2)18-23(29-24)25(28)27-16-14-26(15-17-27)21-11-6-5-7-12-21/h5-13,18H,3-4,14-17H2,1-2H3. The first-order valence-corrected chi connectivity index (χ1v) is 11.3. The van der Waals surface area contributed by atoms with Crippen molar-refractivity contribution < 1.29 is 4.79 Å². The van der Waals surface area contributed by atoms with Gasteiger partial charge >= 0.3 is 0 Å². The van der Waals surface area contributed by atoms with Crippen LogP contribution in [0.1, 0.15) is 34.6 Å². The summed E-state index contributed by atoms with van der Waals surface area (Å²) >= 11 is 1.66. The second-order valence-electron chi connectivity index (χ2n) is 7.44. The molecule has 1 fully saturated rings. The van der Waals surface area contributed by atoms with Crippen LogP contribution in [0.4, 0.5) is 5.69 Å². The molecule has 0 radical (unpaired) electrons. The molecule has 3 nitrogen and oxygen atoms in total. The topological polar surface area (TPSA) is 23.6 Å². The summed E-state index contributed by atoms with van der Waals surface area (Å²) in [6.45, 7) is 7.67. The van der Waals surface area contributed by atoms with E-state index in [2.05, 4.69) is 73.3 Å². The molecular weight excluding hydrogens is 376 g/mol. The molecule has 0 saturated carbocycles. The number of benzene rings is 2. The van der Waals surface area contributed by atoms with Crippen LogP contribution in [0.3, 0.4) is 0 Å². The number of carbonyl (C=O) groups excluding carboxylic acids is 1. The second kappa shape index (κ2) is 8.83. The van der Waals surface area contributed by atoms with Gasteiger partial charge in [0.1, 0.15) is 0 Å². The van der Waals surface area contributed by atoms with Gasteiger partial charge in [0.15, 0.2) is 0 Å². The highest BCUT2D eigenvalue weighted by Crippen LogP contribution is 2.36. The number of piperazine rings is 1. The Bertz CT molecular complexity index is 971. The van der Waals surface area contributed by atoms with Crippen LogP contribution in [0.5, 0.6) is 0 Å². The Labute approximate surface area is 177 Å². The van der Waals surface area contributed by atoms with Crippen molar-refractivity contribution in [2.75, 3.05) is 31.1 Å². The Morgan fingerprint density at radius 3 is 2.21 bits per heavy atom. The Morgan fingerprint density at radius 1 is 0.862 bits per heavy atom. The van der Waals surface area contributed by atoms with Gasteiger partial charge < -0.3 is 9.80 Å². The number of amides is 1. The minimum absolute atomic E-state index is 0.178. The summed E-state index contributed by atoms with van der Waals surface area (Å²) in [5.41, 5.74) is 5.15. The van der Waals surface area contributed by atoms with Crippen molar-refractivity contribution in [1.82, 2.24) is 4.90 Å². The Morgan fingerprint density at radius 2 is 1.52 bits per heavy atom. The molecular formula is C25H28N2OS. The summed E-state index contributed by atoms with van der Waals surface area (Å²) in [4.78, 5) is 19.7. The number of anilines is 1. The largest absolute Gasteiger partial charge is 0.368 e. The van der Waals surface area contributed by atoms with E-state index in [1.165, 1.54) is 27.3 Å². The van der Waals surface area contributed by atoms with E-state index in [0.29, 0.717) is 0 Å². The number of rotatable bonds is 5. The molecule has 0 N–H and O–H groups in total. The van der Waals surface area contributed by atoms with Crippen LogP contribution in [0, 0.1) is 0 Å². The quantitative estimate of drug-likeness (QED) is 0.560. The van der Waals surface area contributed by atoms with Crippen LogP contribution >= 0.6 is 11.3 Å². The van der Waals surface area contributed by atoms with E-state index in [4.69, 9.17) is 0 Å². The summed E-state index contributed by atoms with van der Waals surface area (Å²) in [5.74, 6) is 0.178. The number of nitrogens with zero attached hydrogens (tertiary/aromatic N) is 2. The molecule has 2 aromatic carbocycles. The fourth-order valence-corrected chi connectivity index (χ4v) is 5.32. The smallest absolute Gasteiger partial charge is 0.264 e. The lowest BCUT2D eigenvalue weighted by Crippen LogP contribution is -2.48. The zero-order valence-corrected chi connectivity index (χ0v) is 18.0. The Hall–Kier alpha value is -2.59. The van der Waals surface area contributed by atoms with Crippen LogP contribution in [0.15, 0.2) is 60.7 Å². The molecule has 150 valence electrons. The first kappa shape index (κ1) is 19.7. The SMILES string of the molecule is CCc1ccccc1-c1sc(C(=O)N2CCN(c3ccccc3)CC2)cc1CC. The molecule has 29 heavy (non-hydrogen) atoms. The molecule has 0 aliphatic carbocycles. The molecule has 4 rings (SSSR count). The first-order chi connectivity index (χ1) is 14.2. The first-order valence-electron chi connectivity index (χ1n) is 10.5. The third-order valence-corrected chi connectivity index (χ3v) is 6.93. The summed E-state index contributed by atoms with van der Waals surface area (Å²) in [5, 5.41) is 0. The minimum Gasteiger partial charge on any atom is -0.368 e. The molecule has 1 aliphatic rings. The highest BCUT2D eigenvalue weighted by molar-refractivity contribution is 7.17. The molecule has 0 spiro atoms. The van der Waals surface area contributed by atoms with Gasteiger partial charge in [-0.25, -0.2) is 0 Å². The van der Waals surface area contributed by atoms with Gasteiger partial charge in [0, 0.05) is 36.7 Å². The summed E-state index contributed by atoms with van der Waals surface area (Å²) in [6.07, 6.45) is 1.95. The van der Waals surface area contributed by atoms with Crippen LogP contribution < -0.4 is 4.90 Å². The maximum atomic E-state index is 13.2. The van der Waals surface area contributed by atoms with E-state index in [0.717, 1.165) is 43.9 Å². The van der Waals surface area contributed by atoms with Crippen molar-refractivity contribution in [2.45, 2.75) is 26.7 Å². The molecule has 1 amide bonds. The van der Waals surface area contributed by atoms with Crippen molar-refractivity contribution in [2.24, 2.45) is 0 Å². The van der Waals surface area contributed by atoms with Gasteiger partial charge in [-0.1, -0.05) is 56.3 Å². The third kappa shape index (κ3) is 4.08. The molecule has 0 bridgehead atoms. The number of thiophene rings is 1. The fourth-order valence-electron chi connectivity index (χ4n) is 4.04. The highest BCUT2D eigenvalue weighted by Gasteiger charge is 2.25. The Kier molecular flexibility index (Phi) is 6.00. The number of carbonyl (C=O) groups is 1. The van der Waals surface area contributed by atoms with Gasteiger partial charge in [-0.05, 0) is 47.7 Å². The molecule has 2 heterocycles. The molecule has 1 aromatic heterocycles. The minimum atomic E-state index is 0.178. The lowest BCUT2D eigenvalue weighted by Gasteiger charge is -2.36. The third-order valence-electron chi connectivity index (χ3n) is 5.73. The molecule has 3 aromatic rings. The number of hydrogen-bond acceptors (Lipinski definition) is 3. The zero-order chi connectivity index (χ0) is 20.2. The van der Waals surface area contributed by atoms with Crippen molar-refractivity contribution >= 4 is 22.9 Å². The Balaban J connectivity index is 1.52. The van der Waals surface area contributed by atoms with Gasteiger partial charge in [-0.2, -0.15) is 0 Å². The number of aryl methyl sites for hydroxylation is 2. The average Bonchev–Trinajstić information content (AvgIpc) is 3.23. The van der Waals surface area contributed by atoms with Crippen molar-refractivity contribution in [3.05, 3.63) is 76.7 Å². The van der Waals surface area contributed by atoms with Crippen LogP contribution in [0.2, 0.25) is 0 Å². The zero-order valence-electron chi connectivity index (χ0n) is 17.2. The van der Waals surface area contributed by atoms with Gasteiger partial charge in [-0.3, -0.25) is 4.79 Å². The van der Waals surface area contributed by atoms with Gasteiger partial charge in [0.2, 0.25) is 0 Å². The predicted octanol–water partition coefficient (Wildman–Crippen LogP) is 5.50. The summed E-state index contributed by atoms with van der Waals surface area (Å²) in [7, 11) is 0. The predicted molar refractivity (Wildman–Crippen MR) is 123 cm³/mol. The van der Waals surface area contributed by atoms with Gasteiger partial charge in [0.05, 0.1) is 4.88 Å². The van der Waals surface area contributed by atoms with Crippen molar-refractivity contribution in [3.8, 4) is 10.4 Å². The van der Waals surface area contributed by atoms with E-state index in [9.17, 15) is 4.79 Å². The molecule has 0 unspecified atom stereocenters.